The van der Waals surface area contributed by atoms with Gasteiger partial charge in [-0.1, -0.05) is 46.4 Å². The van der Waals surface area contributed by atoms with Gasteiger partial charge in [-0.05, 0) is 24.3 Å². The van der Waals surface area contributed by atoms with Crippen molar-refractivity contribution in [1.82, 2.24) is 0 Å². The summed E-state index contributed by atoms with van der Waals surface area (Å²) < 4.78 is 0. The minimum absolute atomic E-state index is 0.0275. The molecule has 0 aromatic heterocycles. The number of phenols is 1. The second-order valence-corrected chi connectivity index (χ2v) is 5.15. The highest BCUT2D eigenvalue weighted by Gasteiger charge is 2.15. The van der Waals surface area contributed by atoms with Crippen LogP contribution in [-0.2, 0) is 4.79 Å². The summed E-state index contributed by atoms with van der Waals surface area (Å²) in [5, 5.41) is 9.56. The van der Waals surface area contributed by atoms with E-state index in [1.165, 1.54) is 24.3 Å². The number of rotatable bonds is 1. The van der Waals surface area contributed by atoms with Gasteiger partial charge in [0, 0.05) is 0 Å². The summed E-state index contributed by atoms with van der Waals surface area (Å²) in [7, 11) is 0. The molecule has 0 radical (unpaired) electrons. The summed E-state index contributed by atoms with van der Waals surface area (Å²) in [6, 6.07) is 1.37. The Morgan fingerprint density at radius 1 is 1.05 bits per heavy atom. The second-order valence-electron chi connectivity index (χ2n) is 3.58. The minimum Gasteiger partial charge on any atom is -0.505 e. The quantitative estimate of drug-likeness (QED) is 0.597. The molecule has 0 heterocycles. The fourth-order valence-electron chi connectivity index (χ4n) is 1.35. The smallest absolute Gasteiger partial charge is 0.197 e. The van der Waals surface area contributed by atoms with Crippen molar-refractivity contribution in [3.8, 4) is 5.75 Å². The molecule has 1 aliphatic carbocycles. The van der Waals surface area contributed by atoms with Crippen molar-refractivity contribution in [2.75, 3.05) is 0 Å². The van der Waals surface area contributed by atoms with E-state index in [1.54, 1.807) is 0 Å². The first-order valence-electron chi connectivity index (χ1n) is 4.95. The lowest BCUT2D eigenvalue weighted by atomic mass is 10.1. The Morgan fingerprint density at radius 3 is 2.37 bits per heavy atom. The largest absolute Gasteiger partial charge is 0.505 e. The Balaban J connectivity index is 2.51. The maximum atomic E-state index is 11.2. The first-order chi connectivity index (χ1) is 8.90. The molecule has 98 valence electrons. The van der Waals surface area contributed by atoms with E-state index in [2.05, 4.69) is 4.99 Å². The standard InChI is InChI=1S/C12H5Cl4NO2/c13-6-3-5(1-2-9(6)18)17-8-4-7(14)12(19)11(16)10(8)15/h1-4,19H. The van der Waals surface area contributed by atoms with Crippen LogP contribution in [0.4, 0.5) is 5.69 Å². The molecule has 1 N–H and O–H groups in total. The summed E-state index contributed by atoms with van der Waals surface area (Å²) in [5.74, 6) is -0.603. The van der Waals surface area contributed by atoms with Gasteiger partial charge in [0.05, 0.1) is 26.5 Å². The van der Waals surface area contributed by atoms with Gasteiger partial charge in [0.2, 0.25) is 0 Å². The van der Waals surface area contributed by atoms with Gasteiger partial charge < -0.3 is 5.11 Å². The van der Waals surface area contributed by atoms with Crippen molar-refractivity contribution in [3.05, 3.63) is 44.4 Å². The molecule has 0 amide bonds. The summed E-state index contributed by atoms with van der Waals surface area (Å²) in [6.07, 6.45) is 4.17. The van der Waals surface area contributed by atoms with Crippen molar-refractivity contribution in [3.63, 3.8) is 0 Å². The molecule has 1 aromatic carbocycles. The number of carbonyl (C=O) groups excluding carboxylic acids is 1. The zero-order chi connectivity index (χ0) is 14.2. The first kappa shape index (κ1) is 14.4. The molecule has 0 unspecified atom stereocenters. The number of halogens is 4. The molecule has 0 aliphatic heterocycles. The Bertz CT molecular complexity index is 662. The number of carbonyl (C=O) groups is 1. The van der Waals surface area contributed by atoms with E-state index >= 15 is 0 Å². The summed E-state index contributed by atoms with van der Waals surface area (Å²) >= 11 is 23.3. The molecule has 0 atom stereocenters. The number of phenolic OH excluding ortho intramolecular Hbond substituents is 1. The molecule has 2 rings (SSSR count). The first-order valence-corrected chi connectivity index (χ1v) is 6.46. The van der Waals surface area contributed by atoms with Gasteiger partial charge in [-0.15, -0.1) is 0 Å². The minimum atomic E-state index is -0.305. The number of nitrogens with zero attached hydrogens (tertiary/aromatic N) is 1. The average molecular weight is 337 g/mol. The van der Waals surface area contributed by atoms with Crippen LogP contribution in [0, 0.1) is 0 Å². The molecule has 19 heavy (non-hydrogen) atoms. The van der Waals surface area contributed by atoms with Crippen molar-refractivity contribution in [2.45, 2.75) is 0 Å². The SMILES string of the molecule is O=C1C=CC(=Nc2cc(Cl)c(O)c(Cl)c2Cl)C=C1Cl. The van der Waals surface area contributed by atoms with E-state index in [-0.39, 0.29) is 37.3 Å². The van der Waals surface area contributed by atoms with E-state index in [4.69, 9.17) is 46.4 Å². The van der Waals surface area contributed by atoms with E-state index in [1.807, 2.05) is 0 Å². The fourth-order valence-corrected chi connectivity index (χ4v) is 2.16. The highest BCUT2D eigenvalue weighted by molar-refractivity contribution is 6.48. The Kier molecular flexibility index (Phi) is 4.21. The fraction of sp³-hybridized carbons (Fsp3) is 0. The summed E-state index contributed by atoms with van der Waals surface area (Å²) in [4.78, 5) is 15.3. The molecule has 1 aliphatic rings. The zero-order valence-corrected chi connectivity index (χ0v) is 12.1. The average Bonchev–Trinajstić information content (AvgIpc) is 2.38. The number of allylic oxidation sites excluding steroid dienone is 4. The maximum Gasteiger partial charge on any atom is 0.197 e. The number of benzene rings is 1. The van der Waals surface area contributed by atoms with E-state index in [9.17, 15) is 9.90 Å². The van der Waals surface area contributed by atoms with E-state index < -0.39 is 0 Å². The molecule has 0 saturated heterocycles. The van der Waals surface area contributed by atoms with Crippen molar-refractivity contribution >= 4 is 63.6 Å². The normalized spacial score (nSPS) is 16.9. The molecule has 0 spiro atoms. The summed E-state index contributed by atoms with van der Waals surface area (Å²) in [5.41, 5.74) is 0.688. The molecule has 0 saturated carbocycles. The highest BCUT2D eigenvalue weighted by Crippen LogP contribution is 2.43. The van der Waals surface area contributed by atoms with E-state index in [0.29, 0.717) is 5.71 Å². The molecule has 0 bridgehead atoms. The van der Waals surface area contributed by atoms with Crippen LogP contribution in [0.25, 0.3) is 0 Å². The monoisotopic (exact) mass is 335 g/mol. The van der Waals surface area contributed by atoms with Crippen molar-refractivity contribution < 1.29 is 9.90 Å². The molecule has 1 aromatic rings. The van der Waals surface area contributed by atoms with Crippen LogP contribution in [0.15, 0.2) is 34.3 Å². The molecule has 3 nitrogen and oxygen atoms in total. The van der Waals surface area contributed by atoms with Crippen LogP contribution >= 0.6 is 46.4 Å². The topological polar surface area (TPSA) is 49.7 Å². The number of hydrogen-bond donors (Lipinski definition) is 1. The molecular weight excluding hydrogens is 332 g/mol. The van der Waals surface area contributed by atoms with Gasteiger partial charge in [-0.2, -0.15) is 0 Å². The van der Waals surface area contributed by atoms with Crippen molar-refractivity contribution in [1.29, 1.82) is 0 Å². The lowest BCUT2D eigenvalue weighted by Gasteiger charge is -2.07. The highest BCUT2D eigenvalue weighted by atomic mass is 35.5. The van der Waals surface area contributed by atoms with Crippen LogP contribution in [0.2, 0.25) is 15.1 Å². The number of aromatic hydroxyl groups is 1. The Hall–Kier alpha value is -1.000. The summed E-state index contributed by atoms with van der Waals surface area (Å²) in [6.45, 7) is 0. The lowest BCUT2D eigenvalue weighted by molar-refractivity contribution is -0.110. The maximum absolute atomic E-state index is 11.2. The number of hydrogen-bond acceptors (Lipinski definition) is 3. The van der Waals surface area contributed by atoms with Crippen LogP contribution in [0.5, 0.6) is 5.75 Å². The molecular formula is C12H5Cl4NO2. The van der Waals surface area contributed by atoms with Crippen molar-refractivity contribution in [2.24, 2.45) is 4.99 Å². The van der Waals surface area contributed by atoms with Gasteiger partial charge in [0.1, 0.15) is 5.02 Å². The van der Waals surface area contributed by atoms with Gasteiger partial charge in [-0.25, -0.2) is 4.99 Å². The Labute approximate surface area is 128 Å². The third kappa shape index (κ3) is 2.95. The van der Waals surface area contributed by atoms with Crippen LogP contribution in [0.3, 0.4) is 0 Å². The van der Waals surface area contributed by atoms with Gasteiger partial charge >= 0.3 is 0 Å². The van der Waals surface area contributed by atoms with Crippen LogP contribution in [-0.4, -0.2) is 16.6 Å². The predicted octanol–water partition coefficient (Wildman–Crippen LogP) is 4.69. The third-order valence-corrected chi connectivity index (χ3v) is 3.71. The second kappa shape index (κ2) is 5.55. The number of aliphatic imine (C=N–C) groups is 1. The zero-order valence-electron chi connectivity index (χ0n) is 9.12. The van der Waals surface area contributed by atoms with Crippen LogP contribution < -0.4 is 0 Å². The van der Waals surface area contributed by atoms with Gasteiger partial charge in [0.15, 0.2) is 11.5 Å². The number of ketones is 1. The van der Waals surface area contributed by atoms with Gasteiger partial charge in [0.25, 0.3) is 0 Å². The van der Waals surface area contributed by atoms with Crippen LogP contribution in [0.1, 0.15) is 0 Å². The molecule has 7 heteroatoms. The Morgan fingerprint density at radius 2 is 1.74 bits per heavy atom. The van der Waals surface area contributed by atoms with E-state index in [0.717, 1.165) is 0 Å². The van der Waals surface area contributed by atoms with Gasteiger partial charge in [-0.3, -0.25) is 4.79 Å². The molecule has 0 fully saturated rings. The predicted molar refractivity (Wildman–Crippen MR) is 78.3 cm³/mol. The lowest BCUT2D eigenvalue weighted by Crippen LogP contribution is -2.03. The third-order valence-electron chi connectivity index (χ3n) is 2.28.